The Labute approximate surface area is 136 Å². The molecule has 0 atom stereocenters. The molecule has 2 heterocycles. The normalized spacial score (nSPS) is 11.6. The minimum Gasteiger partial charge on any atom is -0.366 e. The van der Waals surface area contributed by atoms with Gasteiger partial charge in [-0.1, -0.05) is 0 Å². The average molecular weight is 351 g/mol. The quantitative estimate of drug-likeness (QED) is 0.518. The van der Waals surface area contributed by atoms with Crippen LogP contribution in [-0.4, -0.2) is 40.9 Å². The number of primary sulfonamides is 1. The van der Waals surface area contributed by atoms with Crippen LogP contribution >= 0.6 is 0 Å². The van der Waals surface area contributed by atoms with Crippen molar-refractivity contribution in [2.45, 2.75) is 0 Å². The van der Waals surface area contributed by atoms with Gasteiger partial charge in [0.2, 0.25) is 16.0 Å². The molecular weight excluding hydrogens is 337 g/mol. The Morgan fingerprint density at radius 2 is 2.12 bits per heavy atom. The zero-order chi connectivity index (χ0) is 17.2. The van der Waals surface area contributed by atoms with E-state index in [4.69, 9.17) is 5.14 Å². The molecule has 0 bridgehead atoms. The Balaban J connectivity index is 1.74. The van der Waals surface area contributed by atoms with E-state index in [9.17, 15) is 12.8 Å². The van der Waals surface area contributed by atoms with Gasteiger partial charge in [-0.2, -0.15) is 10.1 Å². The van der Waals surface area contributed by atoms with Crippen LogP contribution in [-0.2, 0) is 10.0 Å². The number of nitrogens with zero attached hydrogens (tertiary/aromatic N) is 3. The number of benzene rings is 1. The molecule has 0 aliphatic heterocycles. The molecule has 3 rings (SSSR count). The largest absolute Gasteiger partial charge is 0.366 e. The first-order valence-corrected chi connectivity index (χ1v) is 8.59. The first-order valence-electron chi connectivity index (χ1n) is 6.88. The van der Waals surface area contributed by atoms with Gasteiger partial charge in [0.05, 0.1) is 23.7 Å². The number of hydrogen-bond acceptors (Lipinski definition) is 7. The molecule has 0 aliphatic rings. The van der Waals surface area contributed by atoms with Gasteiger partial charge in [-0.05, 0) is 18.2 Å². The van der Waals surface area contributed by atoms with Gasteiger partial charge in [-0.3, -0.25) is 5.10 Å². The van der Waals surface area contributed by atoms with Crippen LogP contribution in [0.1, 0.15) is 0 Å². The fraction of sp³-hybridized carbons (Fsp3) is 0.154. The molecule has 0 unspecified atom stereocenters. The Morgan fingerprint density at radius 1 is 1.29 bits per heavy atom. The van der Waals surface area contributed by atoms with E-state index in [1.165, 1.54) is 0 Å². The summed E-state index contributed by atoms with van der Waals surface area (Å²) in [6.07, 6.45) is 2.66. The molecule has 5 N–H and O–H groups in total. The molecule has 3 aromatic rings. The van der Waals surface area contributed by atoms with Crippen molar-refractivity contribution in [2.75, 3.05) is 22.9 Å². The topological polar surface area (TPSA) is 139 Å². The Morgan fingerprint density at radius 3 is 2.92 bits per heavy atom. The Hall–Kier alpha value is -2.79. The third-order valence-electron chi connectivity index (χ3n) is 3.12. The first kappa shape index (κ1) is 16.1. The third-order valence-corrected chi connectivity index (χ3v) is 3.89. The Bertz CT molecular complexity index is 973. The molecule has 9 nitrogen and oxygen atoms in total. The number of rotatable bonds is 6. The minimum absolute atomic E-state index is 0.0623. The second-order valence-electron chi connectivity index (χ2n) is 4.98. The molecule has 0 spiro atoms. The number of sulfonamides is 1. The van der Waals surface area contributed by atoms with Gasteiger partial charge in [0.1, 0.15) is 0 Å². The van der Waals surface area contributed by atoms with E-state index in [1.54, 1.807) is 12.3 Å². The van der Waals surface area contributed by atoms with E-state index in [2.05, 4.69) is 30.8 Å². The number of aromatic amines is 1. The molecule has 0 saturated heterocycles. The van der Waals surface area contributed by atoms with E-state index >= 15 is 0 Å². The van der Waals surface area contributed by atoms with Crippen LogP contribution in [0, 0.1) is 5.82 Å². The number of nitrogens with two attached hydrogens (primary N) is 1. The SMILES string of the molecule is NS(=O)(=O)CCNc1nc(Nc2ccc3[nH]ncc3c2)ncc1F. The number of aromatic nitrogens is 4. The van der Waals surface area contributed by atoms with Gasteiger partial charge >= 0.3 is 0 Å². The maximum atomic E-state index is 13.7. The average Bonchev–Trinajstić information content (AvgIpc) is 2.97. The predicted molar refractivity (Wildman–Crippen MR) is 87.8 cm³/mol. The van der Waals surface area contributed by atoms with Gasteiger partial charge in [0, 0.05) is 17.6 Å². The third kappa shape index (κ3) is 3.94. The molecule has 0 radical (unpaired) electrons. The molecule has 0 amide bonds. The van der Waals surface area contributed by atoms with Gasteiger partial charge in [-0.25, -0.2) is 22.9 Å². The standard InChI is InChI=1S/C13H14FN7O2S/c14-10-7-17-13(20-12(10)16-3-4-24(15,22)23)19-9-1-2-11-8(5-9)6-18-21-11/h1-2,5-7H,3-4H2,(H,18,21)(H2,15,22,23)(H2,16,17,19,20). The van der Waals surface area contributed by atoms with Crippen LogP contribution in [0.15, 0.2) is 30.6 Å². The fourth-order valence-electron chi connectivity index (χ4n) is 2.01. The Kier molecular flexibility index (Phi) is 4.27. The smallest absolute Gasteiger partial charge is 0.229 e. The van der Waals surface area contributed by atoms with E-state index < -0.39 is 15.8 Å². The summed E-state index contributed by atoms with van der Waals surface area (Å²) in [5.74, 6) is -0.978. The number of H-pyrrole nitrogens is 1. The van der Waals surface area contributed by atoms with Crippen molar-refractivity contribution in [1.29, 1.82) is 0 Å². The molecule has 0 saturated carbocycles. The zero-order valence-electron chi connectivity index (χ0n) is 12.3. The lowest BCUT2D eigenvalue weighted by molar-refractivity contribution is 0.597. The fourth-order valence-corrected chi connectivity index (χ4v) is 2.40. The van der Waals surface area contributed by atoms with Gasteiger partial charge < -0.3 is 10.6 Å². The lowest BCUT2D eigenvalue weighted by atomic mass is 10.2. The zero-order valence-corrected chi connectivity index (χ0v) is 13.1. The highest BCUT2D eigenvalue weighted by atomic mass is 32.2. The van der Waals surface area contributed by atoms with E-state index in [1.807, 2.05) is 12.1 Å². The maximum absolute atomic E-state index is 13.7. The monoisotopic (exact) mass is 351 g/mol. The number of fused-ring (bicyclic) bond motifs is 1. The van der Waals surface area contributed by atoms with E-state index in [0.717, 1.165) is 17.1 Å². The molecule has 0 aliphatic carbocycles. The van der Waals surface area contributed by atoms with Crippen LogP contribution in [0.3, 0.4) is 0 Å². The molecule has 0 fully saturated rings. The van der Waals surface area contributed by atoms with E-state index in [0.29, 0.717) is 5.69 Å². The van der Waals surface area contributed by atoms with Crippen molar-refractivity contribution in [3.8, 4) is 0 Å². The number of anilines is 3. The summed E-state index contributed by atoms with van der Waals surface area (Å²) in [7, 11) is -3.63. The van der Waals surface area contributed by atoms with Gasteiger partial charge in [-0.15, -0.1) is 0 Å². The molecule has 2 aromatic heterocycles. The van der Waals surface area contributed by atoms with Crippen molar-refractivity contribution >= 4 is 38.4 Å². The van der Waals surface area contributed by atoms with Crippen molar-refractivity contribution in [2.24, 2.45) is 5.14 Å². The molecule has 1 aromatic carbocycles. The summed E-state index contributed by atoms with van der Waals surface area (Å²) in [5.41, 5.74) is 1.58. The van der Waals surface area contributed by atoms with Crippen LogP contribution in [0.4, 0.5) is 21.8 Å². The predicted octanol–water partition coefficient (Wildman–Crippen LogP) is 0.936. The van der Waals surface area contributed by atoms with Crippen molar-refractivity contribution in [3.05, 3.63) is 36.4 Å². The second kappa shape index (κ2) is 6.37. The maximum Gasteiger partial charge on any atom is 0.229 e. The minimum atomic E-state index is -3.63. The van der Waals surface area contributed by atoms with Gasteiger partial charge in [0.25, 0.3) is 0 Å². The number of hydrogen-bond donors (Lipinski definition) is 4. The van der Waals surface area contributed by atoms with Crippen LogP contribution in [0.2, 0.25) is 0 Å². The lowest BCUT2D eigenvalue weighted by Crippen LogP contribution is -2.23. The molecule has 24 heavy (non-hydrogen) atoms. The highest BCUT2D eigenvalue weighted by molar-refractivity contribution is 7.89. The summed E-state index contributed by atoms with van der Waals surface area (Å²) in [6.45, 7) is -0.0623. The number of nitrogens with one attached hydrogen (secondary N) is 3. The highest BCUT2D eigenvalue weighted by Crippen LogP contribution is 2.20. The van der Waals surface area contributed by atoms with Crippen molar-refractivity contribution < 1.29 is 12.8 Å². The molecular formula is C13H14FN7O2S. The lowest BCUT2D eigenvalue weighted by Gasteiger charge is -2.09. The summed E-state index contributed by atoms with van der Waals surface area (Å²) in [6, 6.07) is 5.46. The highest BCUT2D eigenvalue weighted by Gasteiger charge is 2.09. The van der Waals surface area contributed by atoms with Crippen LogP contribution < -0.4 is 15.8 Å². The van der Waals surface area contributed by atoms with Crippen molar-refractivity contribution in [3.63, 3.8) is 0 Å². The summed E-state index contributed by atoms with van der Waals surface area (Å²) < 4.78 is 35.5. The molecule has 126 valence electrons. The number of halogens is 1. The summed E-state index contributed by atoms with van der Waals surface area (Å²) in [5, 5.41) is 18.1. The van der Waals surface area contributed by atoms with Gasteiger partial charge in [0.15, 0.2) is 11.6 Å². The van der Waals surface area contributed by atoms with Crippen LogP contribution in [0.5, 0.6) is 0 Å². The second-order valence-corrected chi connectivity index (χ2v) is 6.71. The van der Waals surface area contributed by atoms with Crippen molar-refractivity contribution in [1.82, 2.24) is 20.2 Å². The van der Waals surface area contributed by atoms with Crippen LogP contribution in [0.25, 0.3) is 10.9 Å². The van der Waals surface area contributed by atoms with E-state index in [-0.39, 0.29) is 24.1 Å². The summed E-state index contributed by atoms with van der Waals surface area (Å²) >= 11 is 0. The first-order chi connectivity index (χ1) is 11.4. The summed E-state index contributed by atoms with van der Waals surface area (Å²) in [4.78, 5) is 7.84. The molecule has 11 heteroatoms.